The van der Waals surface area contributed by atoms with Crippen molar-refractivity contribution in [2.75, 3.05) is 18.8 Å². The summed E-state index contributed by atoms with van der Waals surface area (Å²) >= 11 is 0. The van der Waals surface area contributed by atoms with Crippen LogP contribution in [0.25, 0.3) is 0 Å². The summed E-state index contributed by atoms with van der Waals surface area (Å²) < 4.78 is 26.0. The Balaban J connectivity index is 2.13. The Kier molecular flexibility index (Phi) is 3.72. The second-order valence-corrected chi connectivity index (χ2v) is 6.41. The lowest BCUT2D eigenvalue weighted by atomic mass is 10.3. The maximum absolute atomic E-state index is 12.3. The van der Waals surface area contributed by atoms with Gasteiger partial charge in [0, 0.05) is 32.3 Å². The van der Waals surface area contributed by atoms with Gasteiger partial charge in [-0.3, -0.25) is 4.79 Å². The average molecular weight is 284 g/mol. The summed E-state index contributed by atoms with van der Waals surface area (Å²) in [5.41, 5.74) is 5.43. The van der Waals surface area contributed by atoms with Gasteiger partial charge in [0.2, 0.25) is 15.9 Å². The lowest BCUT2D eigenvalue weighted by Gasteiger charge is -2.16. The maximum Gasteiger partial charge on any atom is 0.244 e. The summed E-state index contributed by atoms with van der Waals surface area (Å²) in [6.45, 7) is 2.09. The van der Waals surface area contributed by atoms with Crippen LogP contribution >= 0.6 is 0 Å². The van der Waals surface area contributed by atoms with Crippen molar-refractivity contribution in [1.82, 2.24) is 14.6 Å². The Labute approximate surface area is 111 Å². The predicted molar refractivity (Wildman–Crippen MR) is 69.6 cm³/mol. The Bertz CT molecular complexity index is 570. The molecule has 0 aliphatic carbocycles. The molecule has 19 heavy (non-hydrogen) atoms. The lowest BCUT2D eigenvalue weighted by Crippen LogP contribution is -2.37. The van der Waals surface area contributed by atoms with Crippen molar-refractivity contribution >= 4 is 21.7 Å². The fraction of sp³-hybridized carbons (Fsp3) is 0.455. The highest BCUT2D eigenvalue weighted by Gasteiger charge is 2.32. The first-order chi connectivity index (χ1) is 8.89. The van der Waals surface area contributed by atoms with Crippen molar-refractivity contribution in [2.24, 2.45) is 0 Å². The van der Waals surface area contributed by atoms with Crippen molar-refractivity contribution in [3.63, 3.8) is 0 Å². The van der Waals surface area contributed by atoms with Crippen LogP contribution < -0.4 is 11.1 Å². The summed E-state index contributed by atoms with van der Waals surface area (Å²) in [4.78, 5) is 14.9. The van der Waals surface area contributed by atoms with Crippen molar-refractivity contribution < 1.29 is 13.2 Å². The number of nitrogens with two attached hydrogens (primary N) is 1. The molecule has 0 spiro atoms. The summed E-state index contributed by atoms with van der Waals surface area (Å²) in [5, 5.41) is 2.72. The molecule has 7 nitrogen and oxygen atoms in total. The zero-order valence-corrected chi connectivity index (χ0v) is 11.4. The van der Waals surface area contributed by atoms with Gasteiger partial charge in [0.15, 0.2) is 0 Å². The monoisotopic (exact) mass is 284 g/mol. The highest BCUT2D eigenvalue weighted by Crippen LogP contribution is 2.20. The molecule has 1 fully saturated rings. The molecule has 2 heterocycles. The average Bonchev–Trinajstić information content (AvgIpc) is 2.78. The van der Waals surface area contributed by atoms with Gasteiger partial charge in [-0.05, 0) is 18.6 Å². The van der Waals surface area contributed by atoms with Gasteiger partial charge in [0.25, 0.3) is 0 Å². The van der Waals surface area contributed by atoms with Crippen molar-refractivity contribution in [3.8, 4) is 0 Å². The minimum atomic E-state index is -3.56. The topological polar surface area (TPSA) is 105 Å². The third-order valence-electron chi connectivity index (χ3n) is 2.96. The number of rotatable bonds is 3. The lowest BCUT2D eigenvalue weighted by molar-refractivity contribution is -0.119. The van der Waals surface area contributed by atoms with Crippen LogP contribution in [0.3, 0.4) is 0 Å². The number of hydrogen-bond acceptors (Lipinski definition) is 5. The van der Waals surface area contributed by atoms with Gasteiger partial charge in [0.05, 0.1) is 0 Å². The van der Waals surface area contributed by atoms with Gasteiger partial charge in [0.1, 0.15) is 10.7 Å². The molecule has 1 aromatic heterocycles. The molecular weight excluding hydrogens is 268 g/mol. The Morgan fingerprint density at radius 3 is 2.84 bits per heavy atom. The number of sulfonamides is 1. The Morgan fingerprint density at radius 1 is 1.53 bits per heavy atom. The van der Waals surface area contributed by atoms with E-state index in [1.807, 2.05) is 0 Å². The van der Waals surface area contributed by atoms with Crippen LogP contribution in [0.4, 0.5) is 5.82 Å². The number of aromatic nitrogens is 1. The number of amides is 1. The summed E-state index contributed by atoms with van der Waals surface area (Å²) in [5.74, 6) is 0.120. The van der Waals surface area contributed by atoms with Gasteiger partial charge in [-0.25, -0.2) is 13.4 Å². The van der Waals surface area contributed by atoms with Crippen molar-refractivity contribution in [2.45, 2.75) is 24.3 Å². The minimum absolute atomic E-state index is 0.116. The van der Waals surface area contributed by atoms with E-state index in [9.17, 15) is 13.2 Å². The van der Waals surface area contributed by atoms with Crippen LogP contribution in [0, 0.1) is 0 Å². The smallest absolute Gasteiger partial charge is 0.244 e. The molecule has 0 saturated carbocycles. The standard InChI is InChI=1S/C11H16N4O3S/c1-8(16)14-9-4-5-15(7-9)19(17,18)10-2-3-11(12)13-6-10/h2-3,6,9H,4-5,7H2,1H3,(H2,12,13)(H,14,16). The number of anilines is 1. The van der Waals surface area contributed by atoms with Gasteiger partial charge >= 0.3 is 0 Å². The fourth-order valence-corrected chi connectivity index (χ4v) is 3.49. The van der Waals surface area contributed by atoms with E-state index in [0.717, 1.165) is 0 Å². The summed E-state index contributed by atoms with van der Waals surface area (Å²) in [6.07, 6.45) is 1.86. The molecule has 1 aliphatic rings. The van der Waals surface area contributed by atoms with Crippen LogP contribution in [0.15, 0.2) is 23.2 Å². The molecule has 2 rings (SSSR count). The number of carbonyl (C=O) groups excluding carboxylic acids is 1. The fourth-order valence-electron chi connectivity index (χ4n) is 2.05. The molecule has 3 N–H and O–H groups in total. The molecule has 0 bridgehead atoms. The van der Waals surface area contributed by atoms with E-state index in [0.29, 0.717) is 13.0 Å². The van der Waals surface area contributed by atoms with E-state index in [1.54, 1.807) is 0 Å². The van der Waals surface area contributed by atoms with Gasteiger partial charge in [-0.2, -0.15) is 4.31 Å². The first-order valence-corrected chi connectivity index (χ1v) is 7.32. The van der Waals surface area contributed by atoms with Crippen LogP contribution in [-0.4, -0.2) is 42.7 Å². The number of nitrogen functional groups attached to an aromatic ring is 1. The molecule has 1 saturated heterocycles. The van der Waals surface area contributed by atoms with E-state index < -0.39 is 10.0 Å². The molecule has 8 heteroatoms. The highest BCUT2D eigenvalue weighted by atomic mass is 32.2. The van der Waals surface area contributed by atoms with Crippen molar-refractivity contribution in [3.05, 3.63) is 18.3 Å². The van der Waals surface area contributed by atoms with Crippen LogP contribution in [0.2, 0.25) is 0 Å². The number of hydrogen-bond donors (Lipinski definition) is 2. The van der Waals surface area contributed by atoms with Crippen molar-refractivity contribution in [1.29, 1.82) is 0 Å². The molecule has 104 valence electrons. The molecule has 1 aromatic rings. The van der Waals surface area contributed by atoms with Crippen LogP contribution in [0.1, 0.15) is 13.3 Å². The molecular formula is C11H16N4O3S. The molecule has 1 atom stereocenters. The number of nitrogens with one attached hydrogen (secondary N) is 1. The third-order valence-corrected chi connectivity index (χ3v) is 4.80. The molecule has 1 amide bonds. The second-order valence-electron chi connectivity index (χ2n) is 4.47. The van der Waals surface area contributed by atoms with Crippen LogP contribution in [-0.2, 0) is 14.8 Å². The molecule has 0 aromatic carbocycles. The first kappa shape index (κ1) is 13.8. The largest absolute Gasteiger partial charge is 0.384 e. The van der Waals surface area contributed by atoms with E-state index in [1.165, 1.54) is 29.6 Å². The number of carbonyl (C=O) groups is 1. The van der Waals surface area contributed by atoms with Crippen LogP contribution in [0.5, 0.6) is 0 Å². The summed E-state index contributed by atoms with van der Waals surface area (Å²) in [7, 11) is -3.56. The Hall–Kier alpha value is -1.67. The molecule has 1 unspecified atom stereocenters. The molecule has 1 aliphatic heterocycles. The van der Waals surface area contributed by atoms with Gasteiger partial charge < -0.3 is 11.1 Å². The van der Waals surface area contributed by atoms with E-state index >= 15 is 0 Å². The quantitative estimate of drug-likeness (QED) is 0.783. The minimum Gasteiger partial charge on any atom is -0.384 e. The maximum atomic E-state index is 12.3. The SMILES string of the molecule is CC(=O)NC1CCN(S(=O)(=O)c2ccc(N)nc2)C1. The summed E-state index contributed by atoms with van der Waals surface area (Å²) in [6, 6.07) is 2.76. The van der Waals surface area contributed by atoms with Gasteiger partial charge in [-0.15, -0.1) is 0 Å². The normalized spacial score (nSPS) is 20.4. The predicted octanol–water partition coefficient (Wildman–Crippen LogP) is -0.437. The first-order valence-electron chi connectivity index (χ1n) is 5.88. The second kappa shape index (κ2) is 5.14. The van der Waals surface area contributed by atoms with Gasteiger partial charge in [-0.1, -0.05) is 0 Å². The zero-order valence-electron chi connectivity index (χ0n) is 10.5. The Morgan fingerprint density at radius 2 is 2.26 bits per heavy atom. The zero-order chi connectivity index (χ0) is 14.0. The van der Waals surface area contributed by atoms with E-state index in [2.05, 4.69) is 10.3 Å². The number of pyridine rings is 1. The third kappa shape index (κ3) is 3.02. The molecule has 0 radical (unpaired) electrons. The number of nitrogens with zero attached hydrogens (tertiary/aromatic N) is 2. The van der Waals surface area contributed by atoms with E-state index in [4.69, 9.17) is 5.73 Å². The highest BCUT2D eigenvalue weighted by molar-refractivity contribution is 7.89. The van der Waals surface area contributed by atoms with E-state index in [-0.39, 0.29) is 29.2 Å².